The van der Waals surface area contributed by atoms with E-state index in [0.29, 0.717) is 12.1 Å². The fraction of sp³-hybridized carbons (Fsp3) is 0.500. The first kappa shape index (κ1) is 14.8. The lowest BCUT2D eigenvalue weighted by Gasteiger charge is -2.21. The number of amides is 1. The molecule has 2 rings (SSSR count). The van der Waals surface area contributed by atoms with E-state index in [1.807, 2.05) is 0 Å². The first-order valence-electron chi connectivity index (χ1n) is 6.52. The third-order valence-corrected chi connectivity index (χ3v) is 3.44. The smallest absolute Gasteiger partial charge is 0.340 e. The van der Waals surface area contributed by atoms with Crippen LogP contribution in [0.15, 0.2) is 24.3 Å². The van der Waals surface area contributed by atoms with Crippen molar-refractivity contribution in [2.75, 3.05) is 13.6 Å². The summed E-state index contributed by atoms with van der Waals surface area (Å²) in [5.41, 5.74) is 0.0135. The molecule has 1 aromatic rings. The molecule has 20 heavy (non-hydrogen) atoms. The molecule has 0 unspecified atom stereocenters. The normalized spacial score (nSPS) is 19.1. The third kappa shape index (κ3) is 3.50. The summed E-state index contributed by atoms with van der Waals surface area (Å²) < 4.78 is 37.3. The van der Waals surface area contributed by atoms with Crippen molar-refractivity contribution in [2.45, 2.75) is 31.6 Å². The van der Waals surface area contributed by atoms with Crippen molar-refractivity contribution < 1.29 is 18.0 Å². The van der Waals surface area contributed by atoms with Crippen molar-refractivity contribution in [3.63, 3.8) is 0 Å². The lowest BCUT2D eigenvalue weighted by Crippen LogP contribution is -2.41. The molecule has 0 saturated carbocycles. The zero-order chi connectivity index (χ0) is 14.8. The second-order valence-corrected chi connectivity index (χ2v) is 5.04. The van der Waals surface area contributed by atoms with Gasteiger partial charge in [-0.25, -0.2) is 0 Å². The molecule has 3 nitrogen and oxygen atoms in total. The number of carbonyl (C=O) groups excluding carboxylic acids is 1. The molecule has 6 heteroatoms. The van der Waals surface area contributed by atoms with Crippen molar-refractivity contribution in [1.82, 2.24) is 10.2 Å². The molecule has 110 valence electrons. The van der Waals surface area contributed by atoms with Gasteiger partial charge in [0.15, 0.2) is 0 Å². The number of halogens is 3. The van der Waals surface area contributed by atoms with Crippen LogP contribution in [0.5, 0.6) is 0 Å². The lowest BCUT2D eigenvalue weighted by atomic mass is 10.1. The lowest BCUT2D eigenvalue weighted by molar-refractivity contribution is -0.137. The Morgan fingerprint density at radius 2 is 2.00 bits per heavy atom. The number of rotatable bonds is 3. The summed E-state index contributed by atoms with van der Waals surface area (Å²) in [5.74, 6) is -0.0117. The summed E-state index contributed by atoms with van der Waals surface area (Å²) in [4.78, 5) is 13.6. The van der Waals surface area contributed by atoms with E-state index >= 15 is 0 Å². The van der Waals surface area contributed by atoms with Gasteiger partial charge in [-0.3, -0.25) is 4.79 Å². The fourth-order valence-electron chi connectivity index (χ4n) is 2.31. The van der Waals surface area contributed by atoms with Gasteiger partial charge in [-0.1, -0.05) is 12.1 Å². The van der Waals surface area contributed by atoms with Crippen LogP contribution in [0, 0.1) is 0 Å². The van der Waals surface area contributed by atoms with E-state index in [1.54, 1.807) is 11.9 Å². The van der Waals surface area contributed by atoms with Crippen LogP contribution in [0.25, 0.3) is 0 Å². The number of nitrogens with one attached hydrogen (secondary N) is 1. The molecule has 1 heterocycles. The topological polar surface area (TPSA) is 32.3 Å². The number of likely N-dealkylation sites (N-methyl/N-ethyl adjacent to an activating group) is 1. The molecule has 1 aliphatic rings. The van der Waals surface area contributed by atoms with E-state index in [4.69, 9.17) is 0 Å². The van der Waals surface area contributed by atoms with Gasteiger partial charge in [-0.2, -0.15) is 13.2 Å². The highest BCUT2D eigenvalue weighted by Gasteiger charge is 2.30. The molecule has 1 amide bonds. The third-order valence-electron chi connectivity index (χ3n) is 3.44. The van der Waals surface area contributed by atoms with E-state index in [1.165, 1.54) is 12.1 Å². The zero-order valence-corrected chi connectivity index (χ0v) is 11.2. The molecule has 0 bridgehead atoms. The zero-order valence-electron chi connectivity index (χ0n) is 11.2. The molecule has 1 aliphatic heterocycles. The minimum atomic E-state index is -4.33. The summed E-state index contributed by atoms with van der Waals surface area (Å²) in [6.07, 6.45) is -2.53. The molecule has 1 saturated heterocycles. The molecular formula is C14H17F3N2O. The largest absolute Gasteiger partial charge is 0.416 e. The van der Waals surface area contributed by atoms with Crippen molar-refractivity contribution in [3.05, 3.63) is 35.4 Å². The van der Waals surface area contributed by atoms with Crippen LogP contribution >= 0.6 is 0 Å². The van der Waals surface area contributed by atoms with E-state index < -0.39 is 11.7 Å². The average molecular weight is 286 g/mol. The van der Waals surface area contributed by atoms with Crippen molar-refractivity contribution >= 4 is 5.91 Å². The SMILES string of the molecule is CN(Cc1ccc(C(F)(F)F)cc1)C(=O)[C@H]1CCCN1. The fourth-order valence-corrected chi connectivity index (χ4v) is 2.31. The van der Waals surface area contributed by atoms with Gasteiger partial charge in [0.1, 0.15) is 0 Å². The van der Waals surface area contributed by atoms with E-state index in [-0.39, 0.29) is 11.9 Å². The molecule has 0 aromatic heterocycles. The summed E-state index contributed by atoms with van der Waals surface area (Å²) in [5, 5.41) is 3.11. The molecule has 1 aromatic carbocycles. The van der Waals surface area contributed by atoms with Gasteiger partial charge in [0.05, 0.1) is 11.6 Å². The highest BCUT2D eigenvalue weighted by atomic mass is 19.4. The van der Waals surface area contributed by atoms with Crippen LogP contribution in [-0.4, -0.2) is 30.4 Å². The standard InChI is InChI=1S/C14H17F3N2O/c1-19(13(20)12-3-2-8-18-12)9-10-4-6-11(7-5-10)14(15,16)17/h4-7,12,18H,2-3,8-9H2,1H3/t12-/m1/s1. The Labute approximate surface area is 115 Å². The van der Waals surface area contributed by atoms with Gasteiger partial charge in [0.2, 0.25) is 5.91 Å². The Morgan fingerprint density at radius 1 is 1.35 bits per heavy atom. The Hall–Kier alpha value is -1.56. The highest BCUT2D eigenvalue weighted by molar-refractivity contribution is 5.81. The van der Waals surface area contributed by atoms with Crippen molar-refractivity contribution in [2.24, 2.45) is 0 Å². The van der Waals surface area contributed by atoms with Gasteiger partial charge in [-0.15, -0.1) is 0 Å². The van der Waals surface area contributed by atoms with Gasteiger partial charge in [-0.05, 0) is 37.1 Å². The maximum absolute atomic E-state index is 12.4. The highest BCUT2D eigenvalue weighted by Crippen LogP contribution is 2.29. The number of hydrogen-bond acceptors (Lipinski definition) is 2. The molecule has 1 fully saturated rings. The first-order chi connectivity index (χ1) is 9.38. The van der Waals surface area contributed by atoms with Gasteiger partial charge < -0.3 is 10.2 Å². The van der Waals surface area contributed by atoms with Crippen LogP contribution in [0.4, 0.5) is 13.2 Å². The quantitative estimate of drug-likeness (QED) is 0.925. The summed E-state index contributed by atoms with van der Waals surface area (Å²) >= 11 is 0. The number of hydrogen-bond donors (Lipinski definition) is 1. The van der Waals surface area contributed by atoms with Gasteiger partial charge in [0.25, 0.3) is 0 Å². The first-order valence-corrected chi connectivity index (χ1v) is 6.52. The summed E-state index contributed by atoms with van der Waals surface area (Å²) in [7, 11) is 1.67. The Morgan fingerprint density at radius 3 is 2.50 bits per heavy atom. The molecular weight excluding hydrogens is 269 g/mol. The monoisotopic (exact) mass is 286 g/mol. The van der Waals surface area contributed by atoms with E-state index in [2.05, 4.69) is 5.32 Å². The van der Waals surface area contributed by atoms with E-state index in [9.17, 15) is 18.0 Å². The predicted octanol–water partition coefficient (Wildman–Crippen LogP) is 2.42. The molecule has 0 aliphatic carbocycles. The van der Waals surface area contributed by atoms with Gasteiger partial charge in [0, 0.05) is 13.6 Å². The minimum Gasteiger partial charge on any atom is -0.340 e. The number of alkyl halides is 3. The summed E-state index contributed by atoms with van der Waals surface area (Å²) in [6.45, 7) is 1.15. The minimum absolute atomic E-state index is 0.0117. The number of nitrogens with zero attached hydrogens (tertiary/aromatic N) is 1. The van der Waals surface area contributed by atoms with E-state index in [0.717, 1.165) is 31.5 Å². The van der Waals surface area contributed by atoms with Crippen molar-refractivity contribution in [3.8, 4) is 0 Å². The summed E-state index contributed by atoms with van der Waals surface area (Å²) in [6, 6.07) is 4.75. The molecule has 1 atom stereocenters. The van der Waals surface area contributed by atoms with Crippen LogP contribution < -0.4 is 5.32 Å². The second kappa shape index (κ2) is 5.83. The molecule has 0 radical (unpaired) electrons. The molecule has 1 N–H and O–H groups in total. The number of benzene rings is 1. The van der Waals surface area contributed by atoms with Gasteiger partial charge >= 0.3 is 6.18 Å². The second-order valence-electron chi connectivity index (χ2n) is 5.04. The van der Waals surface area contributed by atoms with Crippen LogP contribution in [0.2, 0.25) is 0 Å². The van der Waals surface area contributed by atoms with Crippen molar-refractivity contribution in [1.29, 1.82) is 0 Å². The predicted molar refractivity (Wildman–Crippen MR) is 68.9 cm³/mol. The Balaban J connectivity index is 1.97. The maximum Gasteiger partial charge on any atom is 0.416 e. The van der Waals surface area contributed by atoms with Crippen LogP contribution in [-0.2, 0) is 17.5 Å². The van der Waals surface area contributed by atoms with Crippen LogP contribution in [0.3, 0.4) is 0 Å². The molecule has 0 spiro atoms. The Kier molecular flexibility index (Phi) is 4.32. The maximum atomic E-state index is 12.4. The number of carbonyl (C=O) groups is 1. The Bertz CT molecular complexity index is 464. The average Bonchev–Trinajstić information content (AvgIpc) is 2.91. The van der Waals surface area contributed by atoms with Crippen LogP contribution in [0.1, 0.15) is 24.0 Å².